The fourth-order valence-electron chi connectivity index (χ4n) is 1.85. The molecule has 0 heterocycles. The summed E-state index contributed by atoms with van der Waals surface area (Å²) < 4.78 is 44.3. The summed E-state index contributed by atoms with van der Waals surface area (Å²) in [4.78, 5) is 0. The van der Waals surface area contributed by atoms with Gasteiger partial charge in [0.25, 0.3) is 0 Å². The molecule has 0 fully saturated rings. The van der Waals surface area contributed by atoms with Crippen molar-refractivity contribution in [2.45, 2.75) is 6.18 Å². The number of hydrogen-bond acceptors (Lipinski definition) is 1. The van der Waals surface area contributed by atoms with Gasteiger partial charge in [0.2, 0.25) is 0 Å². The maximum absolute atomic E-state index is 13.1. The molecule has 0 saturated carbocycles. The third kappa shape index (κ3) is 4.52. The van der Waals surface area contributed by atoms with Gasteiger partial charge < -0.3 is 4.74 Å². The van der Waals surface area contributed by atoms with Crippen molar-refractivity contribution in [1.82, 2.24) is 0 Å². The molecule has 0 spiro atoms. The zero-order valence-corrected chi connectivity index (χ0v) is 12.0. The third-order valence-electron chi connectivity index (χ3n) is 3.02. The van der Waals surface area contributed by atoms with E-state index >= 15 is 0 Å². The predicted molar refractivity (Wildman–Crippen MR) is 82.5 cm³/mol. The predicted octanol–water partition coefficient (Wildman–Crippen LogP) is 5.35. The van der Waals surface area contributed by atoms with E-state index in [0.29, 0.717) is 16.9 Å². The zero-order chi connectivity index (χ0) is 16.0. The van der Waals surface area contributed by atoms with Crippen LogP contribution in [0, 0.1) is 0 Å². The Bertz CT molecular complexity index is 653. The molecule has 114 valence electrons. The summed E-state index contributed by atoms with van der Waals surface area (Å²) in [5.74, 6) is 0.602. The van der Waals surface area contributed by atoms with Gasteiger partial charge in [-0.3, -0.25) is 0 Å². The van der Waals surface area contributed by atoms with Crippen LogP contribution in [0.15, 0.2) is 66.2 Å². The summed E-state index contributed by atoms with van der Waals surface area (Å²) >= 11 is 0. The quantitative estimate of drug-likeness (QED) is 0.691. The van der Waals surface area contributed by atoms with E-state index < -0.39 is 11.7 Å². The van der Waals surface area contributed by atoms with Crippen LogP contribution in [0.3, 0.4) is 0 Å². The molecule has 1 nitrogen and oxygen atoms in total. The molecule has 2 rings (SSSR count). The van der Waals surface area contributed by atoms with Crippen molar-refractivity contribution < 1.29 is 17.9 Å². The normalized spacial score (nSPS) is 12.6. The summed E-state index contributed by atoms with van der Waals surface area (Å²) in [5, 5.41) is 0. The van der Waals surface area contributed by atoms with Gasteiger partial charge in [-0.05, 0) is 35.4 Å². The van der Waals surface area contributed by atoms with Crippen molar-refractivity contribution in [2.75, 3.05) is 7.11 Å². The maximum Gasteiger partial charge on any atom is 0.416 e. The van der Waals surface area contributed by atoms with Crippen molar-refractivity contribution >= 4 is 12.2 Å². The number of allylic oxidation sites excluding steroid dienone is 2. The zero-order valence-electron chi connectivity index (χ0n) is 12.0. The molecule has 0 amide bonds. The lowest BCUT2D eigenvalue weighted by atomic mass is 10.1. The standard InChI is InChI=1S/C18H15F3O/c1-22-17-11-8-15(9-12-17)13-16(18(19,20)21)10-7-14-5-3-2-4-6-14/h2-13H,1H3/b10-7+,16-13+. The Morgan fingerprint density at radius 2 is 1.55 bits per heavy atom. The monoisotopic (exact) mass is 304 g/mol. The van der Waals surface area contributed by atoms with Gasteiger partial charge in [-0.25, -0.2) is 0 Å². The summed E-state index contributed by atoms with van der Waals surface area (Å²) in [7, 11) is 1.51. The molecular formula is C18H15F3O. The molecule has 4 heteroatoms. The molecule has 0 saturated heterocycles. The van der Waals surface area contributed by atoms with Gasteiger partial charge in [-0.2, -0.15) is 13.2 Å². The van der Waals surface area contributed by atoms with Gasteiger partial charge in [0.1, 0.15) is 5.75 Å². The molecule has 0 N–H and O–H groups in total. The van der Waals surface area contributed by atoms with E-state index in [1.807, 2.05) is 6.07 Å². The van der Waals surface area contributed by atoms with E-state index in [2.05, 4.69) is 0 Å². The topological polar surface area (TPSA) is 9.23 Å². The van der Waals surface area contributed by atoms with Crippen LogP contribution in [0.1, 0.15) is 11.1 Å². The van der Waals surface area contributed by atoms with Crippen LogP contribution in [0.25, 0.3) is 12.2 Å². The second kappa shape index (κ2) is 6.98. The van der Waals surface area contributed by atoms with Crippen molar-refractivity contribution in [3.8, 4) is 5.75 Å². The fourth-order valence-corrected chi connectivity index (χ4v) is 1.85. The van der Waals surface area contributed by atoms with Crippen molar-refractivity contribution in [3.05, 3.63) is 77.4 Å². The van der Waals surface area contributed by atoms with Gasteiger partial charge in [0, 0.05) is 0 Å². The molecule has 22 heavy (non-hydrogen) atoms. The minimum atomic E-state index is -4.41. The largest absolute Gasteiger partial charge is 0.497 e. The van der Waals surface area contributed by atoms with Crippen LogP contribution in [0.5, 0.6) is 5.75 Å². The Morgan fingerprint density at radius 3 is 2.09 bits per heavy atom. The van der Waals surface area contributed by atoms with Gasteiger partial charge >= 0.3 is 6.18 Å². The molecule has 2 aromatic carbocycles. The lowest BCUT2D eigenvalue weighted by Gasteiger charge is -2.08. The molecule has 0 atom stereocenters. The van der Waals surface area contributed by atoms with Crippen LogP contribution >= 0.6 is 0 Å². The second-order valence-corrected chi connectivity index (χ2v) is 4.61. The summed E-state index contributed by atoms with van der Waals surface area (Å²) in [5.41, 5.74) is 0.472. The van der Waals surface area contributed by atoms with Crippen molar-refractivity contribution in [2.24, 2.45) is 0 Å². The number of alkyl halides is 3. The van der Waals surface area contributed by atoms with Gasteiger partial charge in [0.05, 0.1) is 12.7 Å². The van der Waals surface area contributed by atoms with Gasteiger partial charge in [-0.1, -0.05) is 48.5 Å². The smallest absolute Gasteiger partial charge is 0.416 e. The number of ether oxygens (including phenoxy) is 1. The van der Waals surface area contributed by atoms with E-state index in [-0.39, 0.29) is 0 Å². The molecular weight excluding hydrogens is 289 g/mol. The first-order valence-electron chi connectivity index (χ1n) is 6.65. The first kappa shape index (κ1) is 15.9. The molecule has 2 aromatic rings. The first-order chi connectivity index (χ1) is 10.5. The fraction of sp³-hybridized carbons (Fsp3) is 0.111. The molecule has 0 bridgehead atoms. The lowest BCUT2D eigenvalue weighted by Crippen LogP contribution is -2.09. The van der Waals surface area contributed by atoms with E-state index in [4.69, 9.17) is 4.74 Å². The number of benzene rings is 2. The Balaban J connectivity index is 2.29. The van der Waals surface area contributed by atoms with E-state index in [1.54, 1.807) is 48.5 Å². The van der Waals surface area contributed by atoms with Crippen LogP contribution in [-0.2, 0) is 0 Å². The maximum atomic E-state index is 13.1. The Kier molecular flexibility index (Phi) is 5.04. The highest BCUT2D eigenvalue weighted by Crippen LogP contribution is 2.29. The molecule has 0 aromatic heterocycles. The Labute approximate surface area is 127 Å². The number of halogens is 3. The van der Waals surface area contributed by atoms with E-state index in [0.717, 1.165) is 12.2 Å². The highest BCUT2D eigenvalue weighted by Gasteiger charge is 2.31. The number of methoxy groups -OCH3 is 1. The van der Waals surface area contributed by atoms with Crippen LogP contribution in [0.2, 0.25) is 0 Å². The second-order valence-electron chi connectivity index (χ2n) is 4.61. The van der Waals surface area contributed by atoms with E-state index in [9.17, 15) is 13.2 Å². The van der Waals surface area contributed by atoms with Crippen LogP contribution < -0.4 is 4.74 Å². The molecule has 0 aliphatic carbocycles. The minimum Gasteiger partial charge on any atom is -0.497 e. The average molecular weight is 304 g/mol. The third-order valence-corrected chi connectivity index (χ3v) is 3.02. The average Bonchev–Trinajstić information content (AvgIpc) is 2.52. The van der Waals surface area contributed by atoms with Crippen LogP contribution in [0.4, 0.5) is 13.2 Å². The minimum absolute atomic E-state index is 0.464. The molecule has 0 aliphatic heterocycles. The van der Waals surface area contributed by atoms with Crippen molar-refractivity contribution in [3.63, 3.8) is 0 Å². The lowest BCUT2D eigenvalue weighted by molar-refractivity contribution is -0.0872. The summed E-state index contributed by atoms with van der Waals surface area (Å²) in [6, 6.07) is 15.3. The number of hydrogen-bond donors (Lipinski definition) is 0. The first-order valence-corrected chi connectivity index (χ1v) is 6.65. The highest BCUT2D eigenvalue weighted by molar-refractivity contribution is 5.63. The Hall–Kier alpha value is -2.49. The SMILES string of the molecule is COc1ccc(/C=C(\C=C\c2ccccc2)C(F)(F)F)cc1. The number of rotatable bonds is 4. The van der Waals surface area contributed by atoms with Crippen molar-refractivity contribution in [1.29, 1.82) is 0 Å². The molecule has 0 radical (unpaired) electrons. The molecule has 0 unspecified atom stereocenters. The Morgan fingerprint density at radius 1 is 0.909 bits per heavy atom. The summed E-state index contributed by atoms with van der Waals surface area (Å²) in [6.07, 6.45) is -0.771. The van der Waals surface area contributed by atoms with Gasteiger partial charge in [0.15, 0.2) is 0 Å². The van der Waals surface area contributed by atoms with Gasteiger partial charge in [-0.15, -0.1) is 0 Å². The van der Waals surface area contributed by atoms with E-state index in [1.165, 1.54) is 13.2 Å². The summed E-state index contributed by atoms with van der Waals surface area (Å²) in [6.45, 7) is 0. The molecule has 0 aliphatic rings. The highest BCUT2D eigenvalue weighted by atomic mass is 19.4. The van der Waals surface area contributed by atoms with Crippen LogP contribution in [-0.4, -0.2) is 13.3 Å².